The first-order valence-corrected chi connectivity index (χ1v) is 8.19. The van der Waals surface area contributed by atoms with E-state index < -0.39 is 5.97 Å². The summed E-state index contributed by atoms with van der Waals surface area (Å²) in [6.07, 6.45) is 1.58. The van der Waals surface area contributed by atoms with Gasteiger partial charge in [0.2, 0.25) is 5.82 Å². The molecular weight excluding hydrogens is 304 g/mol. The summed E-state index contributed by atoms with van der Waals surface area (Å²) in [6.45, 7) is 3.22. The predicted octanol–water partition coefficient (Wildman–Crippen LogP) is 1.81. The number of nitrogens with one attached hydrogen (secondary N) is 1. The summed E-state index contributed by atoms with van der Waals surface area (Å²) in [5.74, 6) is 1.60. The average molecular weight is 324 g/mol. The van der Waals surface area contributed by atoms with Crippen LogP contribution in [0.1, 0.15) is 16.2 Å². The third-order valence-corrected chi connectivity index (χ3v) is 4.86. The van der Waals surface area contributed by atoms with E-state index in [4.69, 9.17) is 0 Å². The molecule has 2 aromatic rings. The highest BCUT2D eigenvalue weighted by Gasteiger charge is 2.55. The Bertz CT molecular complexity index is 725. The molecule has 1 unspecified atom stereocenters. The Morgan fingerprint density at radius 1 is 1.25 bits per heavy atom. The fourth-order valence-corrected chi connectivity index (χ4v) is 3.60. The maximum absolute atomic E-state index is 11.5. The highest BCUT2D eigenvalue weighted by molar-refractivity contribution is 5.85. The molecule has 0 bridgehead atoms. The van der Waals surface area contributed by atoms with Gasteiger partial charge in [0, 0.05) is 31.9 Å². The molecule has 2 heterocycles. The van der Waals surface area contributed by atoms with E-state index in [1.54, 1.807) is 12.3 Å². The van der Waals surface area contributed by atoms with Crippen LogP contribution in [0.4, 0.5) is 5.82 Å². The second kappa shape index (κ2) is 6.20. The first-order valence-electron chi connectivity index (χ1n) is 8.19. The first-order chi connectivity index (χ1) is 11.7. The van der Waals surface area contributed by atoms with E-state index in [0.717, 1.165) is 19.6 Å². The number of aromatic nitrogens is 2. The summed E-state index contributed by atoms with van der Waals surface area (Å²) < 4.78 is 4.66. The van der Waals surface area contributed by atoms with Crippen molar-refractivity contribution in [2.24, 2.45) is 11.8 Å². The molecule has 1 N–H and O–H groups in total. The minimum Gasteiger partial charge on any atom is -0.463 e. The molecule has 1 saturated heterocycles. The number of carbonyl (C=O) groups excluding carboxylic acids is 1. The van der Waals surface area contributed by atoms with Crippen molar-refractivity contribution in [3.8, 4) is 0 Å². The number of esters is 1. The largest absolute Gasteiger partial charge is 0.463 e. The van der Waals surface area contributed by atoms with Gasteiger partial charge in [-0.15, -0.1) is 0 Å². The van der Waals surface area contributed by atoms with Crippen LogP contribution in [0, 0.1) is 11.8 Å². The van der Waals surface area contributed by atoms with Gasteiger partial charge in [0.15, 0.2) is 0 Å². The number of anilines is 1. The van der Waals surface area contributed by atoms with Crippen molar-refractivity contribution in [1.29, 1.82) is 0 Å². The van der Waals surface area contributed by atoms with Crippen molar-refractivity contribution >= 4 is 11.8 Å². The van der Waals surface area contributed by atoms with Crippen LogP contribution in [0.2, 0.25) is 0 Å². The number of hydrogen-bond acceptors (Lipinski definition) is 6. The van der Waals surface area contributed by atoms with E-state index in [-0.39, 0.29) is 5.82 Å². The molecule has 6 nitrogen and oxygen atoms in total. The summed E-state index contributed by atoms with van der Waals surface area (Å²) in [4.78, 5) is 22.2. The smallest absolute Gasteiger partial charge is 0.376 e. The Hall–Kier alpha value is -2.47. The van der Waals surface area contributed by atoms with E-state index in [1.807, 2.05) is 0 Å². The van der Waals surface area contributed by atoms with Crippen LogP contribution in [-0.4, -0.2) is 47.1 Å². The van der Waals surface area contributed by atoms with Crippen LogP contribution < -0.4 is 5.32 Å². The van der Waals surface area contributed by atoms with Crippen molar-refractivity contribution < 1.29 is 9.53 Å². The number of hydrogen-bond donors (Lipinski definition) is 1. The van der Waals surface area contributed by atoms with Crippen LogP contribution in [0.3, 0.4) is 0 Å². The van der Waals surface area contributed by atoms with Crippen molar-refractivity contribution in [2.45, 2.75) is 12.6 Å². The standard InChI is InChI=1S/C18H20N4O2/c1-24-18(23)17-19-8-7-15(21-17)20-16-13-10-22(11-14(13)16)9-12-5-3-2-4-6-12/h2-8,13-14,16H,9-11H2,1H3,(H,19,20,21)/t13-,14+,16?. The van der Waals surface area contributed by atoms with Crippen molar-refractivity contribution in [1.82, 2.24) is 14.9 Å². The number of benzene rings is 1. The number of nitrogens with zero attached hydrogens (tertiary/aromatic N) is 3. The lowest BCUT2D eigenvalue weighted by molar-refractivity contribution is 0.0587. The molecule has 0 amide bonds. The monoisotopic (exact) mass is 324 g/mol. The molecule has 1 aliphatic carbocycles. The summed E-state index contributed by atoms with van der Waals surface area (Å²) in [5, 5.41) is 3.44. The van der Waals surface area contributed by atoms with Gasteiger partial charge < -0.3 is 10.1 Å². The fraction of sp³-hybridized carbons (Fsp3) is 0.389. The molecule has 24 heavy (non-hydrogen) atoms. The lowest BCUT2D eigenvalue weighted by atomic mass is 10.2. The van der Waals surface area contributed by atoms with Crippen LogP contribution in [0.25, 0.3) is 0 Å². The molecule has 1 aromatic heterocycles. The van der Waals surface area contributed by atoms with E-state index in [0.29, 0.717) is 23.7 Å². The second-order valence-electron chi connectivity index (χ2n) is 6.43. The van der Waals surface area contributed by atoms with E-state index in [2.05, 4.69) is 55.3 Å². The van der Waals surface area contributed by atoms with Gasteiger partial charge in [0.05, 0.1) is 7.11 Å². The highest BCUT2D eigenvalue weighted by atomic mass is 16.5. The third-order valence-electron chi connectivity index (χ3n) is 4.86. The zero-order valence-electron chi connectivity index (χ0n) is 13.6. The normalized spacial score (nSPS) is 25.1. The molecule has 124 valence electrons. The maximum atomic E-state index is 11.5. The molecule has 3 atom stereocenters. The third kappa shape index (κ3) is 2.97. The van der Waals surface area contributed by atoms with Gasteiger partial charge in [-0.3, -0.25) is 4.90 Å². The van der Waals surface area contributed by atoms with Crippen molar-refractivity contribution in [3.05, 3.63) is 54.0 Å². The van der Waals surface area contributed by atoms with Crippen molar-refractivity contribution in [3.63, 3.8) is 0 Å². The number of fused-ring (bicyclic) bond motifs is 1. The number of likely N-dealkylation sites (tertiary alicyclic amines) is 1. The van der Waals surface area contributed by atoms with E-state index in [1.165, 1.54) is 12.7 Å². The molecule has 0 radical (unpaired) electrons. The van der Waals surface area contributed by atoms with Gasteiger partial charge in [0.25, 0.3) is 0 Å². The predicted molar refractivity (Wildman–Crippen MR) is 89.5 cm³/mol. The van der Waals surface area contributed by atoms with Crippen LogP contribution in [0.5, 0.6) is 0 Å². The zero-order chi connectivity index (χ0) is 16.5. The Labute approximate surface area is 140 Å². The Kier molecular flexibility index (Phi) is 3.90. The molecule has 1 aliphatic heterocycles. The summed E-state index contributed by atoms with van der Waals surface area (Å²) >= 11 is 0. The van der Waals surface area contributed by atoms with Crippen molar-refractivity contribution in [2.75, 3.05) is 25.5 Å². The minimum absolute atomic E-state index is 0.0963. The lowest BCUT2D eigenvalue weighted by Gasteiger charge is -2.20. The zero-order valence-corrected chi connectivity index (χ0v) is 13.6. The molecule has 0 spiro atoms. The molecule has 1 aromatic carbocycles. The summed E-state index contributed by atoms with van der Waals surface area (Å²) in [5.41, 5.74) is 1.36. The van der Waals surface area contributed by atoms with Crippen LogP contribution >= 0.6 is 0 Å². The number of carbonyl (C=O) groups is 1. The first kappa shape index (κ1) is 15.1. The summed E-state index contributed by atoms with van der Waals surface area (Å²) in [7, 11) is 1.33. The van der Waals surface area contributed by atoms with Crippen LogP contribution in [0.15, 0.2) is 42.6 Å². The Morgan fingerprint density at radius 2 is 2.00 bits per heavy atom. The highest BCUT2D eigenvalue weighted by Crippen LogP contribution is 2.47. The van der Waals surface area contributed by atoms with Gasteiger partial charge >= 0.3 is 5.97 Å². The molecule has 1 saturated carbocycles. The topological polar surface area (TPSA) is 67.3 Å². The molecule has 2 aliphatic rings. The number of piperidine rings is 1. The summed E-state index contributed by atoms with van der Waals surface area (Å²) in [6, 6.07) is 12.8. The number of methoxy groups -OCH3 is 1. The average Bonchev–Trinajstić information content (AvgIpc) is 3.05. The van der Waals surface area contributed by atoms with Gasteiger partial charge in [-0.2, -0.15) is 0 Å². The van der Waals surface area contributed by atoms with Crippen LogP contribution in [-0.2, 0) is 11.3 Å². The SMILES string of the molecule is COC(=O)c1nccc(NC2[C@H]3CN(Cc4ccccc4)C[C@@H]23)n1. The van der Waals surface area contributed by atoms with Gasteiger partial charge in [-0.25, -0.2) is 14.8 Å². The number of ether oxygens (including phenoxy) is 1. The minimum atomic E-state index is -0.510. The molecular formula is C18H20N4O2. The molecule has 6 heteroatoms. The Morgan fingerprint density at radius 3 is 2.71 bits per heavy atom. The van der Waals surface area contributed by atoms with Gasteiger partial charge in [-0.05, 0) is 23.5 Å². The second-order valence-corrected chi connectivity index (χ2v) is 6.43. The van der Waals surface area contributed by atoms with Gasteiger partial charge in [-0.1, -0.05) is 30.3 Å². The van der Waals surface area contributed by atoms with E-state index >= 15 is 0 Å². The van der Waals surface area contributed by atoms with Gasteiger partial charge in [0.1, 0.15) is 5.82 Å². The number of rotatable bonds is 5. The quantitative estimate of drug-likeness (QED) is 0.846. The lowest BCUT2D eigenvalue weighted by Crippen LogP contribution is -2.27. The maximum Gasteiger partial charge on any atom is 0.376 e. The van der Waals surface area contributed by atoms with E-state index in [9.17, 15) is 4.79 Å². The molecule has 2 fully saturated rings. The Balaban J connectivity index is 1.32. The molecule has 4 rings (SSSR count). The fourth-order valence-electron chi connectivity index (χ4n) is 3.60.